The monoisotopic (exact) mass is 206 g/mol. The molecule has 0 fully saturated rings. The molecule has 0 aliphatic carbocycles. The molecule has 1 unspecified atom stereocenters. The minimum Gasteiger partial charge on any atom is -0.385 e. The van der Waals surface area contributed by atoms with Gasteiger partial charge in [-0.15, -0.1) is 0 Å². The van der Waals surface area contributed by atoms with Crippen LogP contribution < -0.4 is 0 Å². The van der Waals surface area contributed by atoms with Crippen LogP contribution in [0.2, 0.25) is 0 Å². The van der Waals surface area contributed by atoms with E-state index in [0.717, 1.165) is 12.0 Å². The first kappa shape index (κ1) is 12.3. The van der Waals surface area contributed by atoms with E-state index in [1.165, 1.54) is 11.1 Å². The Morgan fingerprint density at radius 2 is 1.87 bits per heavy atom. The lowest BCUT2D eigenvalue weighted by Gasteiger charge is -2.28. The number of aryl methyl sites for hydroxylation is 2. The van der Waals surface area contributed by atoms with Crippen LogP contribution in [0.5, 0.6) is 0 Å². The van der Waals surface area contributed by atoms with Gasteiger partial charge in [-0.2, -0.15) is 0 Å². The molecule has 84 valence electrons. The Bertz CT molecular complexity index is 337. The van der Waals surface area contributed by atoms with Crippen LogP contribution in [0.4, 0.5) is 0 Å². The van der Waals surface area contributed by atoms with E-state index in [4.69, 9.17) is 0 Å². The first-order valence-corrected chi connectivity index (χ1v) is 5.63. The van der Waals surface area contributed by atoms with Gasteiger partial charge in [0, 0.05) is 0 Å². The minimum absolute atomic E-state index is 0.500. The topological polar surface area (TPSA) is 20.2 Å². The van der Waals surface area contributed by atoms with Crippen LogP contribution in [-0.4, -0.2) is 5.11 Å². The molecule has 0 aliphatic rings. The molecule has 1 heteroatoms. The fourth-order valence-corrected chi connectivity index (χ4v) is 2.22. The highest BCUT2D eigenvalue weighted by Crippen LogP contribution is 2.30. The SMILES string of the molecule is Cc1ccc(C)c(C(C)(O)CC(C)C)c1. The maximum Gasteiger partial charge on any atom is 0.0873 e. The summed E-state index contributed by atoms with van der Waals surface area (Å²) in [5.74, 6) is 0.500. The molecule has 0 saturated heterocycles. The van der Waals surface area contributed by atoms with Crippen molar-refractivity contribution in [2.75, 3.05) is 0 Å². The summed E-state index contributed by atoms with van der Waals surface area (Å²) in [7, 11) is 0. The number of rotatable bonds is 3. The summed E-state index contributed by atoms with van der Waals surface area (Å²) >= 11 is 0. The predicted molar refractivity (Wildman–Crippen MR) is 64.9 cm³/mol. The zero-order chi connectivity index (χ0) is 11.6. The predicted octanol–water partition coefficient (Wildman–Crippen LogP) is 3.56. The van der Waals surface area contributed by atoms with Crippen molar-refractivity contribution in [1.29, 1.82) is 0 Å². The molecule has 1 rings (SSSR count). The number of aliphatic hydroxyl groups is 1. The molecule has 0 saturated carbocycles. The van der Waals surface area contributed by atoms with Crippen LogP contribution in [0.15, 0.2) is 18.2 Å². The van der Waals surface area contributed by atoms with Gasteiger partial charge >= 0.3 is 0 Å². The number of hydrogen-bond donors (Lipinski definition) is 1. The van der Waals surface area contributed by atoms with E-state index in [1.807, 2.05) is 6.92 Å². The summed E-state index contributed by atoms with van der Waals surface area (Å²) < 4.78 is 0. The summed E-state index contributed by atoms with van der Waals surface area (Å²) in [5.41, 5.74) is 2.74. The third-order valence-electron chi connectivity index (χ3n) is 2.78. The van der Waals surface area contributed by atoms with Gasteiger partial charge < -0.3 is 5.11 Å². The molecule has 1 N–H and O–H groups in total. The first-order valence-electron chi connectivity index (χ1n) is 5.63. The van der Waals surface area contributed by atoms with Gasteiger partial charge in [-0.25, -0.2) is 0 Å². The second kappa shape index (κ2) is 4.36. The zero-order valence-corrected chi connectivity index (χ0v) is 10.5. The lowest BCUT2D eigenvalue weighted by molar-refractivity contribution is 0.0342. The molecular formula is C14H22O. The molecular weight excluding hydrogens is 184 g/mol. The molecule has 0 radical (unpaired) electrons. The smallest absolute Gasteiger partial charge is 0.0873 e. The van der Waals surface area contributed by atoms with Crippen molar-refractivity contribution in [3.8, 4) is 0 Å². The summed E-state index contributed by atoms with van der Waals surface area (Å²) in [4.78, 5) is 0. The summed E-state index contributed by atoms with van der Waals surface area (Å²) in [6.07, 6.45) is 0.803. The van der Waals surface area contributed by atoms with Crippen molar-refractivity contribution in [3.05, 3.63) is 34.9 Å². The summed E-state index contributed by atoms with van der Waals surface area (Å²) in [6.45, 7) is 10.3. The van der Waals surface area contributed by atoms with Crippen molar-refractivity contribution in [3.63, 3.8) is 0 Å². The maximum atomic E-state index is 10.5. The van der Waals surface area contributed by atoms with E-state index < -0.39 is 5.60 Å². The van der Waals surface area contributed by atoms with Gasteiger partial charge in [0.2, 0.25) is 0 Å². The number of benzene rings is 1. The lowest BCUT2D eigenvalue weighted by Crippen LogP contribution is -2.24. The van der Waals surface area contributed by atoms with Crippen LogP contribution >= 0.6 is 0 Å². The highest BCUT2D eigenvalue weighted by atomic mass is 16.3. The molecule has 1 nitrogen and oxygen atoms in total. The van der Waals surface area contributed by atoms with E-state index in [2.05, 4.69) is 45.9 Å². The third-order valence-corrected chi connectivity index (χ3v) is 2.78. The van der Waals surface area contributed by atoms with Crippen LogP contribution in [0.3, 0.4) is 0 Å². The molecule has 0 aromatic heterocycles. The Balaban J connectivity index is 3.08. The van der Waals surface area contributed by atoms with Crippen molar-refractivity contribution in [2.24, 2.45) is 5.92 Å². The molecule has 0 heterocycles. The summed E-state index contributed by atoms with van der Waals surface area (Å²) in [6, 6.07) is 6.27. The second-order valence-electron chi connectivity index (χ2n) is 5.19. The minimum atomic E-state index is -0.704. The van der Waals surface area contributed by atoms with Crippen LogP contribution in [-0.2, 0) is 5.60 Å². The van der Waals surface area contributed by atoms with Gasteiger partial charge in [-0.1, -0.05) is 37.6 Å². The van der Waals surface area contributed by atoms with Crippen LogP contribution in [0.25, 0.3) is 0 Å². The van der Waals surface area contributed by atoms with E-state index in [0.29, 0.717) is 5.92 Å². The Morgan fingerprint density at radius 1 is 1.27 bits per heavy atom. The highest BCUT2D eigenvalue weighted by molar-refractivity contribution is 5.34. The molecule has 0 aliphatic heterocycles. The van der Waals surface area contributed by atoms with Crippen molar-refractivity contribution < 1.29 is 5.11 Å². The van der Waals surface area contributed by atoms with Gasteiger partial charge in [-0.05, 0) is 44.2 Å². The molecule has 1 atom stereocenters. The van der Waals surface area contributed by atoms with Crippen molar-refractivity contribution in [1.82, 2.24) is 0 Å². The van der Waals surface area contributed by atoms with Gasteiger partial charge in [0.15, 0.2) is 0 Å². The van der Waals surface area contributed by atoms with Crippen LogP contribution in [0.1, 0.15) is 43.9 Å². The lowest BCUT2D eigenvalue weighted by atomic mass is 9.84. The zero-order valence-electron chi connectivity index (χ0n) is 10.5. The Hall–Kier alpha value is -0.820. The normalized spacial score (nSPS) is 15.4. The van der Waals surface area contributed by atoms with Gasteiger partial charge in [0.05, 0.1) is 5.60 Å². The molecule has 1 aromatic carbocycles. The maximum absolute atomic E-state index is 10.5. The molecule has 0 bridgehead atoms. The standard InChI is InChI=1S/C14H22O/c1-10(2)9-14(5,15)13-8-11(3)6-7-12(13)4/h6-8,10,15H,9H2,1-5H3. The average molecular weight is 206 g/mol. The Kier molecular flexibility index (Phi) is 3.56. The van der Waals surface area contributed by atoms with E-state index in [1.54, 1.807) is 0 Å². The summed E-state index contributed by atoms with van der Waals surface area (Å²) in [5, 5.41) is 10.5. The molecule has 1 aromatic rings. The van der Waals surface area contributed by atoms with E-state index in [9.17, 15) is 5.11 Å². The molecule has 0 amide bonds. The van der Waals surface area contributed by atoms with Gasteiger partial charge in [-0.3, -0.25) is 0 Å². The second-order valence-corrected chi connectivity index (χ2v) is 5.19. The van der Waals surface area contributed by atoms with Crippen molar-refractivity contribution >= 4 is 0 Å². The van der Waals surface area contributed by atoms with E-state index >= 15 is 0 Å². The highest BCUT2D eigenvalue weighted by Gasteiger charge is 2.25. The Labute approximate surface area is 93.1 Å². The quantitative estimate of drug-likeness (QED) is 0.801. The Morgan fingerprint density at radius 3 is 2.40 bits per heavy atom. The van der Waals surface area contributed by atoms with Gasteiger partial charge in [0.25, 0.3) is 0 Å². The fourth-order valence-electron chi connectivity index (χ4n) is 2.22. The fraction of sp³-hybridized carbons (Fsp3) is 0.571. The molecule has 0 spiro atoms. The third kappa shape index (κ3) is 3.07. The first-order chi connectivity index (χ1) is 6.83. The van der Waals surface area contributed by atoms with Crippen LogP contribution in [0, 0.1) is 19.8 Å². The van der Waals surface area contributed by atoms with E-state index in [-0.39, 0.29) is 0 Å². The van der Waals surface area contributed by atoms with Crippen molar-refractivity contribution in [2.45, 2.75) is 46.6 Å². The average Bonchev–Trinajstić information content (AvgIpc) is 2.06. The largest absolute Gasteiger partial charge is 0.385 e. The van der Waals surface area contributed by atoms with Gasteiger partial charge in [0.1, 0.15) is 0 Å². The number of hydrogen-bond acceptors (Lipinski definition) is 1. The molecule has 15 heavy (non-hydrogen) atoms.